The number of hydrogen-bond donors (Lipinski definition) is 0. The van der Waals surface area contributed by atoms with Crippen LogP contribution >= 0.6 is 0 Å². The first-order valence-corrected chi connectivity index (χ1v) is 5.02. The third-order valence-corrected chi connectivity index (χ3v) is 2.68. The second kappa shape index (κ2) is 3.81. The third kappa shape index (κ3) is 1.63. The number of para-hydroxylation sites is 1. The molecule has 2 rings (SSSR count). The number of aromatic nitrogens is 1. The Kier molecular flexibility index (Phi) is 2.50. The second-order valence-corrected chi connectivity index (χ2v) is 3.65. The van der Waals surface area contributed by atoms with Crippen LogP contribution in [0.1, 0.15) is 11.1 Å². The first kappa shape index (κ1) is 9.84. The van der Waals surface area contributed by atoms with Gasteiger partial charge in [-0.2, -0.15) is 0 Å². The van der Waals surface area contributed by atoms with E-state index in [-0.39, 0.29) is 0 Å². The van der Waals surface area contributed by atoms with Gasteiger partial charge in [0.05, 0.1) is 7.11 Å². The van der Waals surface area contributed by atoms with Crippen molar-refractivity contribution in [3.8, 4) is 11.6 Å². The van der Waals surface area contributed by atoms with Gasteiger partial charge >= 0.3 is 0 Å². The molecular weight excluding hydrogens is 186 g/mol. The minimum atomic E-state index is 0.915. The average molecular weight is 201 g/mol. The van der Waals surface area contributed by atoms with Crippen LogP contribution in [-0.2, 0) is 0 Å². The third-order valence-electron chi connectivity index (χ3n) is 2.68. The van der Waals surface area contributed by atoms with Gasteiger partial charge in [0, 0.05) is 17.4 Å². The molecule has 0 atom stereocenters. The number of nitrogens with zero attached hydrogens (tertiary/aromatic N) is 1. The van der Waals surface area contributed by atoms with E-state index < -0.39 is 0 Å². The second-order valence-electron chi connectivity index (χ2n) is 3.65. The van der Waals surface area contributed by atoms with Crippen molar-refractivity contribution in [3.63, 3.8) is 0 Å². The Hall–Kier alpha value is -1.70. The molecule has 0 aliphatic rings. The molecule has 0 saturated carbocycles. The van der Waals surface area contributed by atoms with Gasteiger partial charge in [-0.15, -0.1) is 0 Å². The lowest BCUT2D eigenvalue weighted by Gasteiger charge is -2.08. The largest absolute Gasteiger partial charge is 0.482 e. The van der Waals surface area contributed by atoms with Gasteiger partial charge < -0.3 is 4.74 Å². The van der Waals surface area contributed by atoms with Crippen molar-refractivity contribution in [2.45, 2.75) is 13.8 Å². The van der Waals surface area contributed by atoms with Crippen LogP contribution in [0.15, 0.2) is 36.5 Å². The molecule has 1 aromatic carbocycles. The van der Waals surface area contributed by atoms with E-state index in [0.29, 0.717) is 0 Å². The lowest BCUT2D eigenvalue weighted by atomic mass is 10.2. The first-order chi connectivity index (χ1) is 7.24. The van der Waals surface area contributed by atoms with Gasteiger partial charge in [0.15, 0.2) is 0 Å². The van der Waals surface area contributed by atoms with Gasteiger partial charge in [-0.05, 0) is 31.5 Å². The molecule has 15 heavy (non-hydrogen) atoms. The number of hydrogen-bond acceptors (Lipinski definition) is 1. The van der Waals surface area contributed by atoms with Gasteiger partial charge in [-0.1, -0.05) is 18.2 Å². The highest BCUT2D eigenvalue weighted by Crippen LogP contribution is 2.26. The maximum absolute atomic E-state index is 5.41. The summed E-state index contributed by atoms with van der Waals surface area (Å²) in [7, 11) is 1.71. The lowest BCUT2D eigenvalue weighted by Crippen LogP contribution is -1.96. The fraction of sp³-hybridized carbons (Fsp3) is 0.231. The summed E-state index contributed by atoms with van der Waals surface area (Å²) in [6.45, 7) is 4.17. The smallest absolute Gasteiger partial charge is 0.201 e. The van der Waals surface area contributed by atoms with Crippen LogP contribution in [0.25, 0.3) is 5.69 Å². The maximum atomic E-state index is 5.41. The highest BCUT2D eigenvalue weighted by atomic mass is 16.5. The summed E-state index contributed by atoms with van der Waals surface area (Å²) in [6.07, 6.45) is 2.10. The van der Waals surface area contributed by atoms with Crippen LogP contribution in [0.2, 0.25) is 0 Å². The quantitative estimate of drug-likeness (QED) is 0.728. The van der Waals surface area contributed by atoms with Gasteiger partial charge in [-0.3, -0.25) is 4.57 Å². The Morgan fingerprint density at radius 3 is 2.33 bits per heavy atom. The molecule has 78 valence electrons. The monoisotopic (exact) mass is 201 g/mol. The predicted octanol–water partition coefficient (Wildman–Crippen LogP) is 3.10. The molecule has 0 bridgehead atoms. The van der Waals surface area contributed by atoms with Crippen LogP contribution < -0.4 is 4.74 Å². The topological polar surface area (TPSA) is 14.2 Å². The molecule has 2 aromatic rings. The fourth-order valence-electron chi connectivity index (χ4n) is 1.73. The number of benzene rings is 1. The Labute approximate surface area is 90.1 Å². The van der Waals surface area contributed by atoms with Crippen molar-refractivity contribution < 1.29 is 4.74 Å². The molecule has 0 fully saturated rings. The van der Waals surface area contributed by atoms with E-state index in [1.807, 2.05) is 18.2 Å². The molecule has 0 saturated heterocycles. The van der Waals surface area contributed by atoms with Crippen LogP contribution in [0, 0.1) is 13.8 Å². The molecule has 1 heterocycles. The summed E-state index contributed by atoms with van der Waals surface area (Å²) in [5.74, 6) is 0.915. The molecular formula is C13H15NO. The van der Waals surface area contributed by atoms with Gasteiger partial charge in [0.2, 0.25) is 5.88 Å². The summed E-state index contributed by atoms with van der Waals surface area (Å²) < 4.78 is 7.49. The van der Waals surface area contributed by atoms with Crippen molar-refractivity contribution in [2.75, 3.05) is 7.11 Å². The van der Waals surface area contributed by atoms with Crippen molar-refractivity contribution >= 4 is 0 Å². The minimum absolute atomic E-state index is 0.915. The molecule has 2 nitrogen and oxygen atoms in total. The fourth-order valence-corrected chi connectivity index (χ4v) is 1.73. The summed E-state index contributed by atoms with van der Waals surface area (Å²) >= 11 is 0. The van der Waals surface area contributed by atoms with Crippen molar-refractivity contribution in [1.29, 1.82) is 0 Å². The minimum Gasteiger partial charge on any atom is -0.482 e. The first-order valence-electron chi connectivity index (χ1n) is 5.02. The van der Waals surface area contributed by atoms with E-state index in [0.717, 1.165) is 11.6 Å². The van der Waals surface area contributed by atoms with Crippen LogP contribution in [0.4, 0.5) is 0 Å². The van der Waals surface area contributed by atoms with E-state index in [2.05, 4.69) is 36.7 Å². The van der Waals surface area contributed by atoms with E-state index >= 15 is 0 Å². The van der Waals surface area contributed by atoms with Crippen LogP contribution in [0.5, 0.6) is 5.88 Å². The number of rotatable bonds is 2. The normalized spacial score (nSPS) is 10.3. The van der Waals surface area contributed by atoms with E-state index in [1.165, 1.54) is 11.1 Å². The molecule has 1 aromatic heterocycles. The Bertz CT molecular complexity index is 457. The van der Waals surface area contributed by atoms with Crippen molar-refractivity contribution in [2.24, 2.45) is 0 Å². The van der Waals surface area contributed by atoms with Gasteiger partial charge in [0.1, 0.15) is 0 Å². The Morgan fingerprint density at radius 1 is 1.07 bits per heavy atom. The van der Waals surface area contributed by atoms with Crippen LogP contribution in [0.3, 0.4) is 0 Å². The lowest BCUT2D eigenvalue weighted by molar-refractivity contribution is 0.387. The summed E-state index contributed by atoms with van der Waals surface area (Å²) in [6, 6.07) is 10.2. The van der Waals surface area contributed by atoms with Gasteiger partial charge in [0.25, 0.3) is 0 Å². The molecule has 0 radical (unpaired) electrons. The SMILES string of the molecule is COc1c(C)c(C)cn1-c1ccccc1. The average Bonchev–Trinajstić information content (AvgIpc) is 2.56. The summed E-state index contributed by atoms with van der Waals surface area (Å²) in [5, 5.41) is 0. The predicted molar refractivity (Wildman–Crippen MR) is 61.8 cm³/mol. The molecule has 2 heteroatoms. The zero-order chi connectivity index (χ0) is 10.8. The molecule has 0 aliphatic carbocycles. The number of aryl methyl sites for hydroxylation is 1. The van der Waals surface area contributed by atoms with Gasteiger partial charge in [-0.25, -0.2) is 0 Å². The molecule has 0 amide bonds. The maximum Gasteiger partial charge on any atom is 0.201 e. The standard InChI is InChI=1S/C13H15NO/c1-10-9-14(13(15-3)11(10)2)12-7-5-4-6-8-12/h4-9H,1-3H3. The highest BCUT2D eigenvalue weighted by molar-refractivity contribution is 5.44. The van der Waals surface area contributed by atoms with E-state index in [9.17, 15) is 0 Å². The Morgan fingerprint density at radius 2 is 1.73 bits per heavy atom. The van der Waals surface area contributed by atoms with E-state index in [1.54, 1.807) is 7.11 Å². The number of methoxy groups -OCH3 is 1. The highest BCUT2D eigenvalue weighted by Gasteiger charge is 2.10. The van der Waals surface area contributed by atoms with Crippen molar-refractivity contribution in [3.05, 3.63) is 47.7 Å². The molecule has 0 N–H and O–H groups in total. The Balaban J connectivity index is 2.58. The molecule has 0 unspecified atom stereocenters. The molecule has 0 aliphatic heterocycles. The van der Waals surface area contributed by atoms with E-state index in [4.69, 9.17) is 4.74 Å². The summed E-state index contributed by atoms with van der Waals surface area (Å²) in [4.78, 5) is 0. The van der Waals surface area contributed by atoms with Crippen LogP contribution in [-0.4, -0.2) is 11.7 Å². The van der Waals surface area contributed by atoms with Crippen molar-refractivity contribution in [1.82, 2.24) is 4.57 Å². The zero-order valence-electron chi connectivity index (χ0n) is 9.32. The zero-order valence-corrected chi connectivity index (χ0v) is 9.32. The summed E-state index contributed by atoms with van der Waals surface area (Å²) in [5.41, 5.74) is 3.57. The number of ether oxygens (including phenoxy) is 1. The molecule has 0 spiro atoms.